The number of hydrogen-bond donors (Lipinski definition) is 1. The molecule has 0 amide bonds. The van der Waals surface area contributed by atoms with E-state index in [0.717, 1.165) is 25.3 Å². The highest BCUT2D eigenvalue weighted by Crippen LogP contribution is 2.29. The van der Waals surface area contributed by atoms with Crippen molar-refractivity contribution >= 4 is 38.4 Å². The summed E-state index contributed by atoms with van der Waals surface area (Å²) in [6.45, 7) is 2.18. The lowest BCUT2D eigenvalue weighted by atomic mass is 10.00. The summed E-state index contributed by atoms with van der Waals surface area (Å²) in [4.78, 5) is -0.284. The molecular formula is C13H19BrClFN2O2S. The number of nitrogens with zero attached hydrogens (tertiary/aromatic N) is 1. The van der Waals surface area contributed by atoms with Crippen molar-refractivity contribution in [1.29, 1.82) is 0 Å². The zero-order valence-corrected chi connectivity index (χ0v) is 14.8. The van der Waals surface area contributed by atoms with Gasteiger partial charge in [-0.2, -0.15) is 4.31 Å². The van der Waals surface area contributed by atoms with Crippen molar-refractivity contribution in [3.8, 4) is 0 Å². The van der Waals surface area contributed by atoms with E-state index in [1.165, 1.54) is 16.4 Å². The van der Waals surface area contributed by atoms with Gasteiger partial charge in [0.2, 0.25) is 10.0 Å². The SMILES string of the molecule is CC(N)C1CCCCN1S(=O)(=O)c1ccc(Br)cc1F.Cl. The number of rotatable bonds is 3. The van der Waals surface area contributed by atoms with Gasteiger partial charge in [0.15, 0.2) is 0 Å². The van der Waals surface area contributed by atoms with Gasteiger partial charge in [0.1, 0.15) is 10.7 Å². The third-order valence-electron chi connectivity index (χ3n) is 3.59. The molecule has 0 saturated carbocycles. The van der Waals surface area contributed by atoms with Crippen LogP contribution in [0.15, 0.2) is 27.6 Å². The van der Waals surface area contributed by atoms with Gasteiger partial charge in [0.05, 0.1) is 0 Å². The Bertz CT molecular complexity index is 598. The second-order valence-electron chi connectivity index (χ2n) is 5.11. The van der Waals surface area contributed by atoms with Gasteiger partial charge in [-0.05, 0) is 38.0 Å². The molecule has 1 saturated heterocycles. The molecule has 1 heterocycles. The molecule has 0 bridgehead atoms. The Morgan fingerprint density at radius 1 is 1.43 bits per heavy atom. The molecule has 1 fully saturated rings. The Labute approximate surface area is 139 Å². The van der Waals surface area contributed by atoms with Crippen molar-refractivity contribution in [3.05, 3.63) is 28.5 Å². The van der Waals surface area contributed by atoms with E-state index in [4.69, 9.17) is 5.73 Å². The molecule has 8 heteroatoms. The zero-order chi connectivity index (χ0) is 14.9. The molecule has 0 radical (unpaired) electrons. The van der Waals surface area contributed by atoms with Gasteiger partial charge >= 0.3 is 0 Å². The molecule has 2 atom stereocenters. The molecule has 120 valence electrons. The molecule has 21 heavy (non-hydrogen) atoms. The molecule has 1 aromatic carbocycles. The van der Waals surface area contributed by atoms with Crippen molar-refractivity contribution < 1.29 is 12.8 Å². The van der Waals surface area contributed by atoms with Crippen molar-refractivity contribution in [2.45, 2.75) is 43.2 Å². The Hall–Kier alpha value is -0.210. The minimum atomic E-state index is -3.85. The third kappa shape index (κ3) is 3.96. The summed E-state index contributed by atoms with van der Waals surface area (Å²) in [5, 5.41) is 0. The normalized spacial score (nSPS) is 21.6. The Kier molecular flexibility index (Phi) is 6.61. The second kappa shape index (κ2) is 7.37. The summed E-state index contributed by atoms with van der Waals surface area (Å²) < 4.78 is 41.1. The number of halogens is 3. The lowest BCUT2D eigenvalue weighted by Gasteiger charge is -2.36. The first-order valence-corrected chi connectivity index (χ1v) is 8.80. The van der Waals surface area contributed by atoms with Crippen LogP contribution in [-0.2, 0) is 10.0 Å². The van der Waals surface area contributed by atoms with Gasteiger partial charge in [-0.3, -0.25) is 0 Å². The second-order valence-corrected chi connectivity index (χ2v) is 7.89. The number of sulfonamides is 1. The maximum Gasteiger partial charge on any atom is 0.246 e. The monoisotopic (exact) mass is 400 g/mol. The van der Waals surface area contributed by atoms with Gasteiger partial charge in [0, 0.05) is 23.1 Å². The average Bonchev–Trinajstić information content (AvgIpc) is 2.38. The third-order valence-corrected chi connectivity index (χ3v) is 6.04. The summed E-state index contributed by atoms with van der Waals surface area (Å²) in [5.41, 5.74) is 5.89. The first kappa shape index (κ1) is 18.8. The van der Waals surface area contributed by atoms with Crippen LogP contribution in [0.2, 0.25) is 0 Å². The topological polar surface area (TPSA) is 63.4 Å². The predicted octanol–water partition coefficient (Wildman–Crippen LogP) is 2.90. The summed E-state index contributed by atoms with van der Waals surface area (Å²) in [6.07, 6.45) is 2.44. The van der Waals surface area contributed by atoms with E-state index in [2.05, 4.69) is 15.9 Å². The first-order chi connectivity index (χ1) is 9.34. The highest BCUT2D eigenvalue weighted by Gasteiger charge is 2.36. The number of piperidine rings is 1. The van der Waals surface area contributed by atoms with Crippen LogP contribution >= 0.6 is 28.3 Å². The molecule has 2 unspecified atom stereocenters. The number of nitrogens with two attached hydrogens (primary N) is 1. The Morgan fingerprint density at radius 2 is 2.10 bits per heavy atom. The van der Waals surface area contributed by atoms with Crippen molar-refractivity contribution in [2.24, 2.45) is 5.73 Å². The largest absolute Gasteiger partial charge is 0.326 e. The van der Waals surface area contributed by atoms with Crippen LogP contribution in [0.1, 0.15) is 26.2 Å². The molecule has 1 aromatic rings. The average molecular weight is 402 g/mol. The lowest BCUT2D eigenvalue weighted by Crippen LogP contribution is -2.51. The summed E-state index contributed by atoms with van der Waals surface area (Å²) >= 11 is 3.13. The van der Waals surface area contributed by atoms with Gasteiger partial charge in [-0.25, -0.2) is 12.8 Å². The fourth-order valence-electron chi connectivity index (χ4n) is 2.57. The molecule has 0 aromatic heterocycles. The van der Waals surface area contributed by atoms with E-state index >= 15 is 0 Å². The molecule has 1 aliphatic heterocycles. The highest BCUT2D eigenvalue weighted by molar-refractivity contribution is 9.10. The molecule has 1 aliphatic rings. The van der Waals surface area contributed by atoms with Crippen LogP contribution in [-0.4, -0.2) is 31.4 Å². The molecule has 2 rings (SSSR count). The van der Waals surface area contributed by atoms with E-state index in [0.29, 0.717) is 11.0 Å². The Balaban J connectivity index is 0.00000220. The quantitative estimate of drug-likeness (QED) is 0.847. The van der Waals surface area contributed by atoms with Crippen molar-refractivity contribution in [3.63, 3.8) is 0 Å². The van der Waals surface area contributed by atoms with Gasteiger partial charge in [0.25, 0.3) is 0 Å². The minimum absolute atomic E-state index is 0. The summed E-state index contributed by atoms with van der Waals surface area (Å²) in [6, 6.07) is 3.44. The van der Waals surface area contributed by atoms with Crippen LogP contribution in [0.25, 0.3) is 0 Å². The molecule has 4 nitrogen and oxygen atoms in total. The molecule has 0 aliphatic carbocycles. The number of benzene rings is 1. The smallest absolute Gasteiger partial charge is 0.246 e. The van der Waals surface area contributed by atoms with Crippen LogP contribution < -0.4 is 5.73 Å². The van der Waals surface area contributed by atoms with Gasteiger partial charge in [-0.1, -0.05) is 22.4 Å². The van der Waals surface area contributed by atoms with E-state index < -0.39 is 15.8 Å². The van der Waals surface area contributed by atoms with E-state index in [-0.39, 0.29) is 29.4 Å². The van der Waals surface area contributed by atoms with Crippen LogP contribution in [0.4, 0.5) is 4.39 Å². The summed E-state index contributed by atoms with van der Waals surface area (Å²) in [7, 11) is -3.85. The van der Waals surface area contributed by atoms with Gasteiger partial charge < -0.3 is 5.73 Å². The fraction of sp³-hybridized carbons (Fsp3) is 0.538. The standard InChI is InChI=1S/C13H18BrFN2O2S.ClH/c1-9(16)12-4-2-3-7-17(12)20(18,19)13-6-5-10(14)8-11(13)15;/h5-6,8-9,12H,2-4,7,16H2,1H3;1H. The van der Waals surface area contributed by atoms with Crippen LogP contribution in [0.3, 0.4) is 0 Å². The minimum Gasteiger partial charge on any atom is -0.326 e. The van der Waals surface area contributed by atoms with Gasteiger partial charge in [-0.15, -0.1) is 12.4 Å². The van der Waals surface area contributed by atoms with Crippen LogP contribution in [0.5, 0.6) is 0 Å². The van der Waals surface area contributed by atoms with Crippen LogP contribution in [0, 0.1) is 5.82 Å². The molecule has 2 N–H and O–H groups in total. The van der Waals surface area contributed by atoms with E-state index in [1.807, 2.05) is 0 Å². The lowest BCUT2D eigenvalue weighted by molar-refractivity contribution is 0.226. The Morgan fingerprint density at radius 3 is 2.67 bits per heavy atom. The molecular weight excluding hydrogens is 383 g/mol. The summed E-state index contributed by atoms with van der Waals surface area (Å²) in [5.74, 6) is -0.742. The maximum atomic E-state index is 14.0. The fourth-order valence-corrected chi connectivity index (χ4v) is 4.72. The predicted molar refractivity (Wildman–Crippen MR) is 86.5 cm³/mol. The highest BCUT2D eigenvalue weighted by atomic mass is 79.9. The number of hydrogen-bond acceptors (Lipinski definition) is 3. The first-order valence-electron chi connectivity index (χ1n) is 6.56. The zero-order valence-electron chi connectivity index (χ0n) is 11.6. The van der Waals surface area contributed by atoms with E-state index in [1.54, 1.807) is 6.92 Å². The molecule has 0 spiro atoms. The van der Waals surface area contributed by atoms with E-state index in [9.17, 15) is 12.8 Å². The van der Waals surface area contributed by atoms with Crippen molar-refractivity contribution in [1.82, 2.24) is 4.31 Å². The van der Waals surface area contributed by atoms with Crippen molar-refractivity contribution in [2.75, 3.05) is 6.54 Å². The maximum absolute atomic E-state index is 14.0.